The van der Waals surface area contributed by atoms with Crippen LogP contribution in [0.2, 0.25) is 36.3 Å². The van der Waals surface area contributed by atoms with E-state index >= 15 is 0 Å². The van der Waals surface area contributed by atoms with Gasteiger partial charge in [0.1, 0.15) is 18.7 Å². The lowest BCUT2D eigenvalue weighted by Gasteiger charge is -2.40. The Bertz CT molecular complexity index is 1710. The van der Waals surface area contributed by atoms with Gasteiger partial charge >= 0.3 is 0 Å². The summed E-state index contributed by atoms with van der Waals surface area (Å²) in [4.78, 5) is 14.0. The van der Waals surface area contributed by atoms with Crippen LogP contribution in [-0.2, 0) is 20.0 Å². The first-order valence-electron chi connectivity index (χ1n) is 16.2. The van der Waals surface area contributed by atoms with Crippen molar-refractivity contribution in [1.29, 1.82) is 0 Å². The van der Waals surface area contributed by atoms with E-state index in [1.54, 1.807) is 6.33 Å². The van der Waals surface area contributed by atoms with Crippen LogP contribution in [-0.4, -0.2) is 55.0 Å². The van der Waals surface area contributed by atoms with Gasteiger partial charge in [0.05, 0.1) is 19.0 Å². The average molecular weight is 644 g/mol. The number of fused-ring (bicyclic) bond motifs is 4. The largest absolute Gasteiger partial charge is 0.414 e. The summed E-state index contributed by atoms with van der Waals surface area (Å²) >= 11 is 0. The maximum absolute atomic E-state index is 7.00. The summed E-state index contributed by atoms with van der Waals surface area (Å²) in [7, 11) is -4.03. The third-order valence-corrected chi connectivity index (χ3v) is 19.6. The third kappa shape index (κ3) is 6.15. The van der Waals surface area contributed by atoms with Crippen molar-refractivity contribution >= 4 is 39.3 Å². The molecular formula is C35H49N5O3Si2. The summed E-state index contributed by atoms with van der Waals surface area (Å²) < 4.78 is 22.5. The van der Waals surface area contributed by atoms with Crippen LogP contribution < -0.4 is 5.32 Å². The van der Waals surface area contributed by atoms with Crippen LogP contribution in [0.25, 0.3) is 22.3 Å². The number of imidazole rings is 1. The fraction of sp³-hybridized carbons (Fsp3) is 0.514. The second-order valence-corrected chi connectivity index (χ2v) is 25.3. The SMILES string of the molecule is CC(C)(C)[Si](C)(C)OC[C@H]1O[C@@H](n2cnc3c(Nc4ccc5c(c4)Cc4ccccc4-5)ncnc32)C[C@@H]1O[Si](C)(C)C(C)(C)C. The van der Waals surface area contributed by atoms with Crippen molar-refractivity contribution in [2.75, 3.05) is 11.9 Å². The van der Waals surface area contributed by atoms with Crippen molar-refractivity contribution in [3.8, 4) is 11.1 Å². The zero-order valence-corrected chi connectivity index (χ0v) is 30.6. The molecule has 8 nitrogen and oxygen atoms in total. The molecule has 1 N–H and O–H groups in total. The molecule has 2 aromatic heterocycles. The van der Waals surface area contributed by atoms with E-state index in [0.717, 1.165) is 17.8 Å². The first-order chi connectivity index (χ1) is 21.0. The highest BCUT2D eigenvalue weighted by molar-refractivity contribution is 6.74. The van der Waals surface area contributed by atoms with Gasteiger partial charge in [-0.2, -0.15) is 0 Å². The van der Waals surface area contributed by atoms with Gasteiger partial charge < -0.3 is 18.9 Å². The number of hydrogen-bond donors (Lipinski definition) is 1. The summed E-state index contributed by atoms with van der Waals surface area (Å²) in [5.41, 5.74) is 7.74. The molecule has 1 aliphatic carbocycles. The molecule has 2 aromatic carbocycles. The van der Waals surface area contributed by atoms with E-state index in [0.29, 0.717) is 24.4 Å². The summed E-state index contributed by atoms with van der Waals surface area (Å²) in [6.07, 6.45) is 4.56. The van der Waals surface area contributed by atoms with Gasteiger partial charge in [-0.3, -0.25) is 4.57 Å². The Labute approximate surface area is 270 Å². The van der Waals surface area contributed by atoms with Gasteiger partial charge in [-0.25, -0.2) is 15.0 Å². The maximum atomic E-state index is 7.00. The highest BCUT2D eigenvalue weighted by atomic mass is 28.4. The van der Waals surface area contributed by atoms with E-state index in [1.165, 1.54) is 22.3 Å². The Morgan fingerprint density at radius 3 is 2.33 bits per heavy atom. The number of nitrogens with zero attached hydrogens (tertiary/aromatic N) is 4. The van der Waals surface area contributed by atoms with Crippen molar-refractivity contribution in [3.05, 3.63) is 66.2 Å². The van der Waals surface area contributed by atoms with Crippen LogP contribution in [0.5, 0.6) is 0 Å². The van der Waals surface area contributed by atoms with E-state index < -0.39 is 16.6 Å². The van der Waals surface area contributed by atoms with Crippen LogP contribution in [0, 0.1) is 0 Å². The Hall–Kier alpha value is -2.90. The minimum atomic E-state index is -2.06. The van der Waals surface area contributed by atoms with Gasteiger partial charge in [0.15, 0.2) is 33.6 Å². The highest BCUT2D eigenvalue weighted by Gasteiger charge is 2.47. The van der Waals surface area contributed by atoms with Crippen molar-refractivity contribution in [3.63, 3.8) is 0 Å². The molecule has 0 bridgehead atoms. The van der Waals surface area contributed by atoms with Crippen molar-refractivity contribution in [2.45, 2.75) is 109 Å². The number of anilines is 2. The fourth-order valence-electron chi connectivity index (χ4n) is 5.72. The summed E-state index contributed by atoms with van der Waals surface area (Å²) in [6, 6.07) is 15.1. The fourth-order valence-corrected chi connectivity index (χ4v) is 8.09. The molecule has 240 valence electrons. The van der Waals surface area contributed by atoms with E-state index in [2.05, 4.69) is 125 Å². The quantitative estimate of drug-likeness (QED) is 0.169. The number of benzene rings is 2. The minimum Gasteiger partial charge on any atom is -0.414 e. The van der Waals surface area contributed by atoms with Gasteiger partial charge in [0, 0.05) is 12.1 Å². The normalized spacial score (nSPS) is 20.4. The smallest absolute Gasteiger partial charge is 0.192 e. The molecule has 45 heavy (non-hydrogen) atoms. The molecule has 2 aliphatic rings. The molecule has 0 saturated carbocycles. The molecule has 0 radical (unpaired) electrons. The van der Waals surface area contributed by atoms with Gasteiger partial charge in [-0.05, 0) is 77.1 Å². The Kier molecular flexibility index (Phi) is 8.13. The summed E-state index contributed by atoms with van der Waals surface area (Å²) in [5, 5.41) is 3.73. The van der Waals surface area contributed by atoms with Gasteiger partial charge in [0.2, 0.25) is 0 Å². The molecule has 0 spiro atoms. The van der Waals surface area contributed by atoms with Crippen LogP contribution in [0.4, 0.5) is 11.5 Å². The molecule has 0 unspecified atom stereocenters. The predicted octanol–water partition coefficient (Wildman–Crippen LogP) is 8.84. The average Bonchev–Trinajstić information content (AvgIpc) is 3.65. The minimum absolute atomic E-state index is 0.0759. The monoisotopic (exact) mass is 643 g/mol. The molecule has 1 fully saturated rings. The molecule has 6 rings (SSSR count). The predicted molar refractivity (Wildman–Crippen MR) is 187 cm³/mol. The topological polar surface area (TPSA) is 83.3 Å². The molecule has 0 amide bonds. The Morgan fingerprint density at radius 1 is 0.889 bits per heavy atom. The van der Waals surface area contributed by atoms with E-state index in [4.69, 9.17) is 18.6 Å². The van der Waals surface area contributed by atoms with Crippen LogP contribution >= 0.6 is 0 Å². The van der Waals surface area contributed by atoms with Gasteiger partial charge in [-0.1, -0.05) is 71.9 Å². The zero-order chi connectivity index (χ0) is 32.4. The molecule has 1 saturated heterocycles. The number of aromatic nitrogens is 4. The van der Waals surface area contributed by atoms with E-state index in [1.807, 2.05) is 10.9 Å². The highest BCUT2D eigenvalue weighted by Crippen LogP contribution is 2.43. The number of rotatable bonds is 8. The second-order valence-electron chi connectivity index (χ2n) is 15.7. The first-order valence-corrected chi connectivity index (χ1v) is 22.0. The van der Waals surface area contributed by atoms with Crippen LogP contribution in [0.3, 0.4) is 0 Å². The number of hydrogen-bond acceptors (Lipinski definition) is 7. The lowest BCUT2D eigenvalue weighted by Crippen LogP contribution is -2.48. The molecule has 1 aliphatic heterocycles. The molecular weight excluding hydrogens is 595 g/mol. The third-order valence-electron chi connectivity index (χ3n) is 10.6. The maximum Gasteiger partial charge on any atom is 0.192 e. The van der Waals surface area contributed by atoms with Gasteiger partial charge in [0.25, 0.3) is 0 Å². The molecule has 4 aromatic rings. The molecule has 10 heteroatoms. The second kappa shape index (κ2) is 11.4. The lowest BCUT2D eigenvalue weighted by atomic mass is 10.1. The van der Waals surface area contributed by atoms with Gasteiger partial charge in [-0.15, -0.1) is 0 Å². The standard InChI is InChI=1S/C35H49N5O3Si2/c1-34(2,3)44(7,8)41-20-29-28(43-45(9,10)35(4,5)6)19-30(42-29)40-22-38-31-32(36-21-37-33(31)40)39-25-15-16-27-24(18-25)17-23-13-11-12-14-26(23)27/h11-16,18,21-22,28-30H,17,19-20H2,1-10H3,(H,36,37,39)/t28-,29+,30+/m0/s1. The Morgan fingerprint density at radius 2 is 1.60 bits per heavy atom. The van der Waals surface area contributed by atoms with E-state index in [9.17, 15) is 0 Å². The first kappa shape index (κ1) is 32.1. The van der Waals surface area contributed by atoms with Crippen LogP contribution in [0.15, 0.2) is 55.1 Å². The summed E-state index contributed by atoms with van der Waals surface area (Å²) in [6.45, 7) is 23.4. The number of ether oxygens (including phenoxy) is 1. The van der Waals surface area contributed by atoms with Crippen LogP contribution in [0.1, 0.15) is 65.3 Å². The molecule has 3 atom stereocenters. The lowest BCUT2D eigenvalue weighted by molar-refractivity contribution is -0.0383. The zero-order valence-electron chi connectivity index (χ0n) is 28.6. The number of nitrogens with one attached hydrogen (secondary N) is 1. The Balaban J connectivity index is 1.25. The van der Waals surface area contributed by atoms with Crippen molar-refractivity contribution in [2.24, 2.45) is 0 Å². The molecule has 3 heterocycles. The van der Waals surface area contributed by atoms with Crippen molar-refractivity contribution < 1.29 is 13.6 Å². The van der Waals surface area contributed by atoms with E-state index in [-0.39, 0.29) is 28.5 Å². The summed E-state index contributed by atoms with van der Waals surface area (Å²) in [5.74, 6) is 0.680. The van der Waals surface area contributed by atoms with Crippen molar-refractivity contribution in [1.82, 2.24) is 19.5 Å².